The summed E-state index contributed by atoms with van der Waals surface area (Å²) < 4.78 is 5.52. The summed E-state index contributed by atoms with van der Waals surface area (Å²) in [5.74, 6) is 0.738. The fraction of sp³-hybridized carbons (Fsp3) is 0.550. The number of nitrogens with one attached hydrogen (secondary N) is 1. The third kappa shape index (κ3) is 3.88. The van der Waals surface area contributed by atoms with E-state index >= 15 is 0 Å². The van der Waals surface area contributed by atoms with Crippen molar-refractivity contribution in [1.82, 2.24) is 10.3 Å². The molecule has 0 saturated heterocycles. The summed E-state index contributed by atoms with van der Waals surface area (Å²) in [5.41, 5.74) is 2.79. The van der Waals surface area contributed by atoms with Gasteiger partial charge in [0.25, 0.3) is 0 Å². The molecule has 2 aromatic rings. The largest absolute Gasteiger partial charge is 0.375 e. The molecule has 3 nitrogen and oxygen atoms in total. The van der Waals surface area contributed by atoms with Crippen LogP contribution in [-0.2, 0) is 24.3 Å². The van der Waals surface area contributed by atoms with Crippen molar-refractivity contribution in [2.75, 3.05) is 6.61 Å². The fourth-order valence-corrected chi connectivity index (χ4v) is 4.95. The number of hydrogen-bond acceptors (Lipinski definition) is 4. The van der Waals surface area contributed by atoms with Gasteiger partial charge in [-0.1, -0.05) is 36.8 Å². The molecule has 4 rings (SSSR count). The lowest BCUT2D eigenvalue weighted by molar-refractivity contribution is 0.112. The summed E-state index contributed by atoms with van der Waals surface area (Å²) in [6.07, 6.45) is 7.48. The van der Waals surface area contributed by atoms with E-state index in [0.717, 1.165) is 32.1 Å². The van der Waals surface area contributed by atoms with Crippen molar-refractivity contribution in [3.63, 3.8) is 0 Å². The molecule has 2 heterocycles. The minimum Gasteiger partial charge on any atom is -0.375 e. The Labute approximate surface area is 148 Å². The monoisotopic (exact) mass is 342 g/mol. The molecular formula is C20H26N2OS. The first-order valence-corrected chi connectivity index (χ1v) is 10.0. The molecule has 1 saturated carbocycles. The van der Waals surface area contributed by atoms with Crippen LogP contribution in [0.1, 0.15) is 59.2 Å². The maximum absolute atomic E-state index is 5.52. The molecular weight excluding hydrogens is 316 g/mol. The van der Waals surface area contributed by atoms with Gasteiger partial charge >= 0.3 is 0 Å². The maximum Gasteiger partial charge on any atom is 0.107 e. The highest BCUT2D eigenvalue weighted by Crippen LogP contribution is 2.32. The molecule has 128 valence electrons. The predicted molar refractivity (Wildman–Crippen MR) is 98.4 cm³/mol. The van der Waals surface area contributed by atoms with Crippen LogP contribution in [0.15, 0.2) is 30.3 Å². The molecule has 2 atom stereocenters. The van der Waals surface area contributed by atoms with Gasteiger partial charge in [-0.15, -0.1) is 11.3 Å². The number of rotatable bonds is 4. The van der Waals surface area contributed by atoms with Crippen LogP contribution in [0.5, 0.6) is 0 Å². The summed E-state index contributed by atoms with van der Waals surface area (Å²) in [5, 5.41) is 5.00. The summed E-state index contributed by atoms with van der Waals surface area (Å²) in [6, 6.07) is 11.7. The summed E-state index contributed by atoms with van der Waals surface area (Å²) in [7, 11) is 0. The van der Waals surface area contributed by atoms with E-state index in [1.54, 1.807) is 0 Å². The Morgan fingerprint density at radius 1 is 1.12 bits per heavy atom. The third-order valence-electron chi connectivity index (χ3n) is 5.32. The zero-order chi connectivity index (χ0) is 16.2. The number of benzene rings is 1. The smallest absolute Gasteiger partial charge is 0.107 e. The summed E-state index contributed by atoms with van der Waals surface area (Å²) >= 11 is 1.83. The maximum atomic E-state index is 5.52. The first-order chi connectivity index (χ1) is 11.9. The van der Waals surface area contributed by atoms with Gasteiger partial charge in [0.1, 0.15) is 5.01 Å². The molecule has 2 unspecified atom stereocenters. The Kier molecular flexibility index (Phi) is 5.26. The van der Waals surface area contributed by atoms with Gasteiger partial charge in [-0.05, 0) is 37.2 Å². The molecule has 1 aromatic heterocycles. The Balaban J connectivity index is 1.30. The second kappa shape index (κ2) is 7.77. The quantitative estimate of drug-likeness (QED) is 0.835. The lowest BCUT2D eigenvalue weighted by Crippen LogP contribution is -2.27. The molecule has 0 spiro atoms. The van der Waals surface area contributed by atoms with Crippen molar-refractivity contribution >= 4 is 11.3 Å². The molecule has 24 heavy (non-hydrogen) atoms. The first kappa shape index (κ1) is 16.2. The zero-order valence-corrected chi connectivity index (χ0v) is 15.0. The zero-order valence-electron chi connectivity index (χ0n) is 14.2. The lowest BCUT2D eigenvalue weighted by Gasteiger charge is -2.16. The first-order valence-electron chi connectivity index (χ1n) is 9.22. The van der Waals surface area contributed by atoms with Crippen molar-refractivity contribution in [1.29, 1.82) is 0 Å². The molecule has 0 bridgehead atoms. The minimum absolute atomic E-state index is 0.635. The lowest BCUT2D eigenvalue weighted by atomic mass is 9.92. The standard InChI is InChI=1S/C20H26N2OS/c1-2-5-15(6-3-1)16-7-4-8-17(10-9-16)21-13-20-22-18-11-12-23-14-19(18)24-20/h1-3,5-6,16-17,21H,4,7-14H2. The van der Waals surface area contributed by atoms with Crippen molar-refractivity contribution in [2.45, 2.75) is 63.6 Å². The van der Waals surface area contributed by atoms with E-state index in [2.05, 4.69) is 35.6 Å². The second-order valence-corrected chi connectivity index (χ2v) is 8.14. The van der Waals surface area contributed by atoms with Gasteiger partial charge in [-0.2, -0.15) is 0 Å². The van der Waals surface area contributed by atoms with Crippen LogP contribution in [0, 0.1) is 0 Å². The van der Waals surface area contributed by atoms with Gasteiger partial charge in [0.2, 0.25) is 0 Å². The van der Waals surface area contributed by atoms with Crippen LogP contribution in [0.4, 0.5) is 0 Å². The van der Waals surface area contributed by atoms with Gasteiger partial charge in [0.05, 0.1) is 23.8 Å². The normalized spacial score (nSPS) is 24.3. The van der Waals surface area contributed by atoms with Crippen molar-refractivity contribution in [3.8, 4) is 0 Å². The van der Waals surface area contributed by atoms with E-state index in [0.29, 0.717) is 6.04 Å². The van der Waals surface area contributed by atoms with Crippen LogP contribution in [0.3, 0.4) is 0 Å². The third-order valence-corrected chi connectivity index (χ3v) is 6.39. The molecule has 1 N–H and O–H groups in total. The average molecular weight is 343 g/mol. The Bertz CT molecular complexity index is 631. The van der Waals surface area contributed by atoms with E-state index < -0.39 is 0 Å². The van der Waals surface area contributed by atoms with E-state index in [4.69, 9.17) is 9.72 Å². The van der Waals surface area contributed by atoms with Crippen molar-refractivity contribution in [3.05, 3.63) is 51.5 Å². The van der Waals surface area contributed by atoms with Gasteiger partial charge < -0.3 is 10.1 Å². The van der Waals surface area contributed by atoms with Crippen molar-refractivity contribution < 1.29 is 4.74 Å². The molecule has 2 aliphatic rings. The molecule has 1 aromatic carbocycles. The van der Waals surface area contributed by atoms with Crippen LogP contribution >= 0.6 is 11.3 Å². The Morgan fingerprint density at radius 3 is 2.92 bits per heavy atom. The van der Waals surface area contributed by atoms with Gasteiger partial charge in [0, 0.05) is 19.0 Å². The van der Waals surface area contributed by atoms with Crippen molar-refractivity contribution in [2.24, 2.45) is 0 Å². The molecule has 1 aliphatic heterocycles. The number of fused-ring (bicyclic) bond motifs is 1. The highest BCUT2D eigenvalue weighted by atomic mass is 32.1. The van der Waals surface area contributed by atoms with Gasteiger partial charge in [0.15, 0.2) is 0 Å². The fourth-order valence-electron chi connectivity index (χ4n) is 3.95. The van der Waals surface area contributed by atoms with Gasteiger partial charge in [-0.25, -0.2) is 4.98 Å². The minimum atomic E-state index is 0.635. The van der Waals surface area contributed by atoms with Crippen LogP contribution < -0.4 is 5.32 Å². The van der Waals surface area contributed by atoms with E-state index in [1.807, 2.05) is 11.3 Å². The SMILES string of the molecule is c1ccc(C2CCCC(NCc3nc4c(s3)COCC4)CC2)cc1. The highest BCUT2D eigenvalue weighted by molar-refractivity contribution is 7.11. The molecule has 4 heteroatoms. The second-order valence-electron chi connectivity index (χ2n) is 6.97. The molecule has 1 aliphatic carbocycles. The Hall–Kier alpha value is -1.23. The number of hydrogen-bond donors (Lipinski definition) is 1. The van der Waals surface area contributed by atoms with Crippen LogP contribution in [-0.4, -0.2) is 17.6 Å². The summed E-state index contributed by atoms with van der Waals surface area (Å²) in [4.78, 5) is 6.13. The number of ether oxygens (including phenoxy) is 1. The average Bonchev–Trinajstić information content (AvgIpc) is 2.90. The number of nitrogens with zero attached hydrogens (tertiary/aromatic N) is 1. The van der Waals surface area contributed by atoms with Gasteiger partial charge in [-0.3, -0.25) is 0 Å². The predicted octanol–water partition coefficient (Wildman–Crippen LogP) is 4.42. The Morgan fingerprint density at radius 2 is 2.04 bits per heavy atom. The van der Waals surface area contributed by atoms with E-state index in [1.165, 1.54) is 53.2 Å². The molecule has 1 fully saturated rings. The van der Waals surface area contributed by atoms with E-state index in [9.17, 15) is 0 Å². The molecule has 0 amide bonds. The summed E-state index contributed by atoms with van der Waals surface area (Å²) in [6.45, 7) is 2.50. The van der Waals surface area contributed by atoms with Crippen LogP contribution in [0.25, 0.3) is 0 Å². The highest BCUT2D eigenvalue weighted by Gasteiger charge is 2.21. The number of aromatic nitrogens is 1. The molecule has 0 radical (unpaired) electrons. The number of thiazole rings is 1. The van der Waals surface area contributed by atoms with Crippen LogP contribution in [0.2, 0.25) is 0 Å². The topological polar surface area (TPSA) is 34.2 Å². The van der Waals surface area contributed by atoms with E-state index in [-0.39, 0.29) is 0 Å².